The molecule has 2 aliphatic rings. The lowest BCUT2D eigenvalue weighted by Gasteiger charge is -2.39. The second-order valence-electron chi connectivity index (χ2n) is 11.9. The van der Waals surface area contributed by atoms with Crippen LogP contribution in [0.3, 0.4) is 0 Å². The number of piperidine rings is 1. The van der Waals surface area contributed by atoms with Gasteiger partial charge in [-0.15, -0.1) is 0 Å². The maximum Gasteiger partial charge on any atom is 0.430 e. The first kappa shape index (κ1) is 43.5. The van der Waals surface area contributed by atoms with Crippen molar-refractivity contribution in [2.45, 2.75) is 76.3 Å². The van der Waals surface area contributed by atoms with Crippen LogP contribution >= 0.6 is 10.5 Å². The van der Waals surface area contributed by atoms with E-state index in [4.69, 9.17) is 0 Å². The van der Waals surface area contributed by atoms with E-state index >= 15 is 0 Å². The highest BCUT2D eigenvalue weighted by Gasteiger charge is 2.73. The molecule has 282 valence electrons. The number of nitrogens with zero attached hydrogens (tertiary/aromatic N) is 2. The highest BCUT2D eigenvalue weighted by Crippen LogP contribution is 2.54. The van der Waals surface area contributed by atoms with Crippen molar-refractivity contribution in [2.24, 2.45) is 5.92 Å². The highest BCUT2D eigenvalue weighted by atomic mass is 32.2. The molecule has 0 N–H and O–H groups in total. The Morgan fingerprint density at radius 2 is 1.33 bits per heavy atom. The molecule has 2 aromatic rings. The number of halogens is 7. The Morgan fingerprint density at radius 3 is 1.80 bits per heavy atom. The molecule has 2 fully saturated rings. The lowest BCUT2D eigenvalue weighted by molar-refractivity contribution is -0.399. The molecule has 0 radical (unpaired) electrons. The number of allylic oxidation sites excluding steroid dienone is 3. The Hall–Kier alpha value is -3.71. The van der Waals surface area contributed by atoms with E-state index in [1.807, 2.05) is 18.7 Å². The van der Waals surface area contributed by atoms with E-state index in [2.05, 4.69) is 23.8 Å². The minimum atomic E-state index is -5.68. The lowest BCUT2D eigenvalue weighted by Crippen LogP contribution is -2.56. The summed E-state index contributed by atoms with van der Waals surface area (Å²) >= 11 is 0. The fraction of sp³-hybridized carbons (Fsp3) is 0.447. The zero-order chi connectivity index (χ0) is 38.6. The summed E-state index contributed by atoms with van der Waals surface area (Å²) in [5, 5.41) is 0.270. The number of ether oxygens (including phenoxy) is 1. The first-order valence-electron chi connectivity index (χ1n) is 16.6. The van der Waals surface area contributed by atoms with Gasteiger partial charge in [-0.2, -0.15) is 36.8 Å². The van der Waals surface area contributed by atoms with Gasteiger partial charge < -0.3 is 14.5 Å². The lowest BCUT2D eigenvalue weighted by atomic mass is 9.91. The molecule has 5 nitrogen and oxygen atoms in total. The zero-order valence-corrected chi connectivity index (χ0v) is 30.2. The van der Waals surface area contributed by atoms with Gasteiger partial charge in [0.1, 0.15) is 5.83 Å². The molecule has 13 heteroatoms. The van der Waals surface area contributed by atoms with E-state index in [9.17, 15) is 40.3 Å². The highest BCUT2D eigenvalue weighted by molar-refractivity contribution is 8.18. The number of likely N-dealkylation sites (tertiary alicyclic amines) is 2. The third-order valence-electron chi connectivity index (χ3n) is 8.54. The zero-order valence-electron chi connectivity index (χ0n) is 29.4. The molecule has 51 heavy (non-hydrogen) atoms. The Labute approximate surface area is 298 Å². The topological polar surface area (TPSA) is 49.9 Å². The second kappa shape index (κ2) is 19.2. The van der Waals surface area contributed by atoms with E-state index in [0.29, 0.717) is 19.6 Å². The van der Waals surface area contributed by atoms with Crippen molar-refractivity contribution in [3.05, 3.63) is 108 Å². The van der Waals surface area contributed by atoms with Crippen LogP contribution in [0.5, 0.6) is 0 Å². The van der Waals surface area contributed by atoms with Crippen LogP contribution in [-0.2, 0) is 19.9 Å². The fourth-order valence-electron chi connectivity index (χ4n) is 5.76. The van der Waals surface area contributed by atoms with Crippen LogP contribution < -0.4 is 0 Å². The van der Waals surface area contributed by atoms with Crippen LogP contribution in [0.25, 0.3) is 0 Å². The van der Waals surface area contributed by atoms with Crippen molar-refractivity contribution in [1.82, 2.24) is 9.80 Å². The van der Waals surface area contributed by atoms with Crippen LogP contribution in [0.15, 0.2) is 96.7 Å². The van der Waals surface area contributed by atoms with Gasteiger partial charge in [-0.1, -0.05) is 93.5 Å². The summed E-state index contributed by atoms with van der Waals surface area (Å²) < 4.78 is 99.0. The minimum absolute atomic E-state index is 0.0129. The van der Waals surface area contributed by atoms with E-state index in [1.165, 1.54) is 36.4 Å². The average Bonchev–Trinajstić information content (AvgIpc) is 3.60. The molecule has 3 unspecified atom stereocenters. The molecule has 0 bridgehead atoms. The van der Waals surface area contributed by atoms with Gasteiger partial charge in [0.2, 0.25) is 11.8 Å². The van der Waals surface area contributed by atoms with Crippen molar-refractivity contribution in [3.63, 3.8) is 0 Å². The Morgan fingerprint density at radius 1 is 0.843 bits per heavy atom. The predicted octanol–water partition coefficient (Wildman–Crippen LogP) is 9.91. The van der Waals surface area contributed by atoms with Crippen molar-refractivity contribution in [1.29, 1.82) is 0 Å². The molecule has 2 aliphatic heterocycles. The number of carbonyl (C=O) groups excluding carboxylic acids is 2. The maximum atomic E-state index is 13.6. The number of rotatable bonds is 9. The molecule has 0 aromatic heterocycles. The number of hydrogen-bond acceptors (Lipinski definition) is 3. The van der Waals surface area contributed by atoms with Gasteiger partial charge in [0.05, 0.1) is 6.10 Å². The third kappa shape index (κ3) is 11.4. The summed E-state index contributed by atoms with van der Waals surface area (Å²) in [6.07, 6.45) is -7.49. The van der Waals surface area contributed by atoms with Crippen molar-refractivity contribution >= 4 is 28.2 Å². The summed E-state index contributed by atoms with van der Waals surface area (Å²) in [6, 6.07) is 12.5. The number of benzene rings is 2. The van der Waals surface area contributed by atoms with Crippen LogP contribution in [0.2, 0.25) is 0 Å². The van der Waals surface area contributed by atoms with Crippen LogP contribution in [0.1, 0.15) is 64.2 Å². The standard InChI is InChI=1S/C19H27FN2O2S.C17H14F6O.C2H6/c1-14(20)5-6-15(2)25(4)18-9-12-22(13-18)19(24)17-7-10-21(11-8-17)16(3)23;1-12(13-8-4-2-5-9-13)24-15(16(18,19)20,17(21,22)23)14-10-6-3-7-11-14;1-2/h5-6,17-18H,1-2,4,7-13H2,3H3;2-12H,1H3;1-2H3/b6-5-;;. The number of amides is 2. The molecule has 0 aliphatic carbocycles. The molecule has 3 atom stereocenters. The van der Waals surface area contributed by atoms with Crippen molar-refractivity contribution < 1.29 is 45.1 Å². The van der Waals surface area contributed by atoms with Crippen LogP contribution in [-0.4, -0.2) is 71.3 Å². The summed E-state index contributed by atoms with van der Waals surface area (Å²) in [4.78, 5) is 28.6. The summed E-state index contributed by atoms with van der Waals surface area (Å²) in [5.41, 5.74) is -5.20. The number of hydrogen-bond donors (Lipinski definition) is 0. The SMILES string of the molecule is C=C(F)/C=C\C(=C)S(=C)C1CCN(C(=O)C2CCN(C(C)=O)CC2)C1.CC.CC(OC(c1ccccc1)(C(F)(F)F)C(F)(F)F)c1ccccc1. The van der Waals surface area contributed by atoms with Crippen LogP contribution in [0, 0.1) is 5.92 Å². The van der Waals surface area contributed by atoms with Gasteiger partial charge in [-0.05, 0) is 48.8 Å². The molecule has 4 rings (SSSR count). The Kier molecular flexibility index (Phi) is 16.4. The Bertz CT molecular complexity index is 1490. The molecule has 0 spiro atoms. The number of alkyl halides is 6. The third-order valence-corrected chi connectivity index (χ3v) is 10.5. The first-order chi connectivity index (χ1) is 23.9. The van der Waals surface area contributed by atoms with Crippen LogP contribution in [0.4, 0.5) is 30.7 Å². The summed E-state index contributed by atoms with van der Waals surface area (Å²) in [5.74, 6) is 3.96. The van der Waals surface area contributed by atoms with Gasteiger partial charge in [-0.25, -0.2) is 4.39 Å². The normalized spacial score (nSPS) is 18.2. The first-order valence-corrected chi connectivity index (χ1v) is 18.0. The van der Waals surface area contributed by atoms with E-state index in [-0.39, 0.29) is 39.0 Å². The second-order valence-corrected chi connectivity index (χ2v) is 13.9. The summed E-state index contributed by atoms with van der Waals surface area (Å²) in [7, 11) is -0.346. The van der Waals surface area contributed by atoms with E-state index in [1.54, 1.807) is 24.0 Å². The predicted molar refractivity (Wildman–Crippen MR) is 191 cm³/mol. The van der Waals surface area contributed by atoms with Gasteiger partial charge in [0.15, 0.2) is 0 Å². The minimum Gasteiger partial charge on any atom is -0.346 e. The van der Waals surface area contributed by atoms with Crippen molar-refractivity contribution in [3.8, 4) is 0 Å². The molecule has 2 aromatic carbocycles. The number of carbonyl (C=O) groups is 2. The smallest absolute Gasteiger partial charge is 0.346 e. The largest absolute Gasteiger partial charge is 0.430 e. The van der Waals surface area contributed by atoms with Gasteiger partial charge in [-0.3, -0.25) is 9.59 Å². The quantitative estimate of drug-likeness (QED) is 0.146. The fourth-order valence-corrected chi connectivity index (χ4v) is 7.19. The van der Waals surface area contributed by atoms with Gasteiger partial charge in [0, 0.05) is 49.8 Å². The van der Waals surface area contributed by atoms with Gasteiger partial charge >= 0.3 is 12.4 Å². The average molecular weight is 745 g/mol. The molecule has 0 saturated carbocycles. The molecular formula is C38H47F7N2O3S. The summed E-state index contributed by atoms with van der Waals surface area (Å²) in [6.45, 7) is 16.6. The van der Waals surface area contributed by atoms with E-state index in [0.717, 1.165) is 61.9 Å². The molecule has 2 saturated heterocycles. The van der Waals surface area contributed by atoms with Crippen molar-refractivity contribution in [2.75, 3.05) is 26.2 Å². The molecular weight excluding hydrogens is 697 g/mol. The van der Waals surface area contributed by atoms with Gasteiger partial charge in [0.25, 0.3) is 5.60 Å². The molecule has 2 heterocycles. The monoisotopic (exact) mass is 744 g/mol. The maximum absolute atomic E-state index is 13.6. The molecule has 2 amide bonds. The van der Waals surface area contributed by atoms with E-state index < -0.39 is 35.4 Å². The Balaban J connectivity index is 0.000000337.